The Morgan fingerprint density at radius 3 is 0.313 bits per heavy atom. The summed E-state index contributed by atoms with van der Waals surface area (Å²) in [5, 5.41) is -0.440. The fraction of sp³-hybridized carbons (Fsp3) is 0.979. The summed E-state index contributed by atoms with van der Waals surface area (Å²) in [5.74, 6) is -0.364. The lowest BCUT2D eigenvalue weighted by Gasteiger charge is -2.12. The lowest BCUT2D eigenvalue weighted by Crippen LogP contribution is -2.21. The molecule has 0 N–H and O–H groups in total. The zero-order chi connectivity index (χ0) is 105. The molecule has 1 atom stereocenters. The number of carbonyl (C=O) groups excluding carboxylic acids is 1. The van der Waals surface area contributed by atoms with E-state index in [-0.39, 0.29) is 19.2 Å². The molecule has 0 heterocycles. The predicted octanol–water partition coefficient (Wildman–Crippen LogP) is 2.35. The molecule has 0 aromatic carbocycles. The minimum atomic E-state index is -0.440. The monoisotopic (exact) mass is 2190 g/mol. The second-order valence-electron chi connectivity index (χ2n) is 29.5. The molecule has 0 aliphatic heterocycles. The molecule has 0 fully saturated rings. The van der Waals surface area contributed by atoms with E-state index in [9.17, 15) is 4.79 Å². The fourth-order valence-electron chi connectivity index (χ4n) is 10.4. The number of methoxy groups -OCH3 is 1. The number of thiocarbonyl (C=S) groups is 1. The molecule has 0 bridgehead atoms. The molecule has 0 saturated carbocycles. The Balaban J connectivity index is 3.12. The maximum Gasteiger partial charge on any atom is 0.319 e. The van der Waals surface area contributed by atoms with E-state index in [4.69, 9.17) is 235 Å². The number of ether oxygens (including phenoxy) is 47. The summed E-state index contributed by atoms with van der Waals surface area (Å²) in [6.07, 6.45) is 0. The van der Waals surface area contributed by atoms with Gasteiger partial charge in [-0.2, -0.15) is 0 Å². The van der Waals surface area contributed by atoms with Crippen LogP contribution in [-0.2, 0) is 227 Å². The first-order valence-electron chi connectivity index (χ1n) is 52.0. The third-order valence-corrected chi connectivity index (χ3v) is 19.0. The van der Waals surface area contributed by atoms with Crippen LogP contribution in [0.2, 0.25) is 0 Å². The van der Waals surface area contributed by atoms with Crippen LogP contribution < -0.4 is 0 Å². The van der Waals surface area contributed by atoms with E-state index in [1.807, 2.05) is 6.92 Å². The van der Waals surface area contributed by atoms with Crippen LogP contribution in [-0.4, -0.2) is 624 Å². The molecule has 0 saturated heterocycles. The third-order valence-electron chi connectivity index (χ3n) is 17.8. The van der Waals surface area contributed by atoms with Gasteiger partial charge in [-0.05, 0) is 26.1 Å². The van der Waals surface area contributed by atoms with Gasteiger partial charge in [-0.1, -0.05) is 11.8 Å². The first-order chi connectivity index (χ1) is 73.1. The Bertz CT molecular complexity index is 2190. The van der Waals surface area contributed by atoms with Crippen LogP contribution in [0.15, 0.2) is 0 Å². The van der Waals surface area contributed by atoms with Crippen molar-refractivity contribution < 1.29 is 227 Å². The van der Waals surface area contributed by atoms with E-state index in [2.05, 4.69) is 0 Å². The number of rotatable bonds is 138. The van der Waals surface area contributed by atoms with E-state index >= 15 is 0 Å². The van der Waals surface area contributed by atoms with Crippen molar-refractivity contribution in [2.45, 2.75) is 19.1 Å². The second kappa shape index (κ2) is 138. The van der Waals surface area contributed by atoms with Gasteiger partial charge in [0.2, 0.25) is 4.38 Å². The van der Waals surface area contributed by atoms with E-state index in [1.54, 1.807) is 14.0 Å². The quantitative estimate of drug-likeness (QED) is 0.0479. The van der Waals surface area contributed by atoms with Crippen LogP contribution >= 0.6 is 24.0 Å². The molecule has 48 nitrogen and oxygen atoms in total. The Labute approximate surface area is 885 Å². The van der Waals surface area contributed by atoms with E-state index in [0.29, 0.717) is 592 Å². The highest BCUT2D eigenvalue weighted by Crippen LogP contribution is 2.15. The average molecular weight is 2190 g/mol. The molecule has 0 aliphatic carbocycles. The van der Waals surface area contributed by atoms with E-state index in [0.717, 1.165) is 11.8 Å². The Morgan fingerprint density at radius 1 is 0.150 bits per heavy atom. The Hall–Kier alpha value is -2.09. The molecule has 0 rings (SSSR count). The highest BCUT2D eigenvalue weighted by Gasteiger charge is 2.18. The van der Waals surface area contributed by atoms with Gasteiger partial charge in [-0.3, -0.25) is 4.79 Å². The van der Waals surface area contributed by atoms with Crippen LogP contribution in [0.4, 0.5) is 0 Å². The molecule has 0 aliphatic rings. The van der Waals surface area contributed by atoms with Crippen molar-refractivity contribution in [1.29, 1.82) is 0 Å². The van der Waals surface area contributed by atoms with Crippen molar-refractivity contribution in [3.8, 4) is 0 Å². The van der Waals surface area contributed by atoms with Crippen molar-refractivity contribution in [1.82, 2.24) is 0 Å². The highest BCUT2D eigenvalue weighted by molar-refractivity contribution is 8.23. The van der Waals surface area contributed by atoms with E-state index < -0.39 is 5.25 Å². The molecular formula is C97H192O48S2. The summed E-state index contributed by atoms with van der Waals surface area (Å²) in [5.41, 5.74) is 0. The lowest BCUT2D eigenvalue weighted by atomic mass is 10.5. The summed E-state index contributed by atoms with van der Waals surface area (Å²) >= 11 is 6.19. The number of thioether (sulfide) groups is 1. The van der Waals surface area contributed by atoms with Crippen LogP contribution in [0.25, 0.3) is 0 Å². The first kappa shape index (κ1) is 145. The first-order valence-corrected chi connectivity index (χ1v) is 53.3. The zero-order valence-corrected chi connectivity index (χ0v) is 91.0. The largest absolute Gasteiger partial charge is 0.479 e. The second-order valence-corrected chi connectivity index (χ2v) is 31.5. The molecule has 1 unspecified atom stereocenters. The molecule has 0 aromatic rings. The van der Waals surface area contributed by atoms with Gasteiger partial charge < -0.3 is 223 Å². The van der Waals surface area contributed by atoms with Gasteiger partial charge in [0.05, 0.1) is 595 Å². The van der Waals surface area contributed by atoms with Gasteiger partial charge in [-0.25, -0.2) is 0 Å². The molecular weight excluding hydrogens is 2000 g/mol. The summed E-state index contributed by atoms with van der Waals surface area (Å²) in [4.78, 5) is 12.0. The molecule has 0 aromatic heterocycles. The molecule has 0 spiro atoms. The normalized spacial score (nSPS) is 12.0. The van der Waals surface area contributed by atoms with Crippen molar-refractivity contribution in [3.05, 3.63) is 0 Å². The summed E-state index contributed by atoms with van der Waals surface area (Å²) in [7, 11) is 1.64. The smallest absolute Gasteiger partial charge is 0.319 e. The van der Waals surface area contributed by atoms with Gasteiger partial charge >= 0.3 is 5.97 Å². The number of esters is 1. The molecule has 0 amide bonds. The van der Waals surface area contributed by atoms with Crippen LogP contribution in [0.3, 0.4) is 0 Å². The van der Waals surface area contributed by atoms with Crippen molar-refractivity contribution in [3.63, 3.8) is 0 Å². The standard InChI is InChI=1S/C97H192O48S2/c1-4-144-97(146)147-95(2)96(98)145-94-93-143-92-91-142-90-89-141-88-87-140-86-85-139-84-83-138-82-81-137-80-79-136-78-77-135-76-75-134-74-73-133-72-71-132-70-69-131-68-67-130-66-65-129-64-63-128-62-61-127-60-59-126-58-57-125-56-55-124-54-53-123-52-51-122-50-49-121-48-47-120-46-45-119-44-43-118-42-41-117-40-39-116-38-37-115-36-35-114-34-33-113-32-31-112-30-29-111-28-27-110-26-25-109-24-23-108-22-21-107-20-19-106-18-17-105-16-15-104-14-13-103-12-11-102-10-9-101-8-7-100-6-5-99-3/h95H,4-94H2,1-3H3. The van der Waals surface area contributed by atoms with Crippen molar-refractivity contribution in [2.75, 3.05) is 608 Å². The Kier molecular flexibility index (Phi) is 136. The minimum Gasteiger partial charge on any atom is -0.479 e. The summed E-state index contributed by atoms with van der Waals surface area (Å²) in [6, 6.07) is 0. The minimum absolute atomic E-state index is 0.158. The average Bonchev–Trinajstić information content (AvgIpc) is 0.948. The maximum absolute atomic E-state index is 12.0. The highest BCUT2D eigenvalue weighted by atomic mass is 32.2. The zero-order valence-electron chi connectivity index (χ0n) is 89.3. The maximum atomic E-state index is 12.0. The molecule has 50 heteroatoms. The van der Waals surface area contributed by atoms with Gasteiger partial charge in [0, 0.05) is 7.11 Å². The predicted molar refractivity (Wildman–Crippen MR) is 540 cm³/mol. The van der Waals surface area contributed by atoms with E-state index in [1.165, 1.54) is 0 Å². The van der Waals surface area contributed by atoms with Crippen molar-refractivity contribution >= 4 is 34.3 Å². The SMILES string of the molecule is CCOC(=S)SC(C)C(=O)OCCOCCOCCOCCOCCOCCOCCOCCOCCOCCOCCOCCOCCOCCOCCOCCOCCOCCOCCOCCOCCOCCOCCOCCOCCOCCOCCOCCOCCOCCOCCOCCOCCOCCOCCOCCOCCOCCOCCOCCOCCOCCOCCOCCOCCOC. The molecule has 880 valence electrons. The number of hydrogen-bond acceptors (Lipinski definition) is 50. The van der Waals surface area contributed by atoms with Crippen LogP contribution in [0, 0.1) is 0 Å². The molecule has 0 radical (unpaired) electrons. The topological polar surface area (TPSA) is 451 Å². The van der Waals surface area contributed by atoms with Gasteiger partial charge in [-0.15, -0.1) is 0 Å². The number of carbonyl (C=O) groups is 1. The summed E-state index contributed by atoms with van der Waals surface area (Å²) < 4.78 is 259. The Morgan fingerprint density at radius 2 is 0.231 bits per heavy atom. The summed E-state index contributed by atoms with van der Waals surface area (Å²) in [6.45, 7) is 46.4. The number of hydrogen-bond donors (Lipinski definition) is 0. The third kappa shape index (κ3) is 136. The fourth-order valence-corrected chi connectivity index (χ4v) is 11.6. The van der Waals surface area contributed by atoms with Crippen LogP contribution in [0.5, 0.6) is 0 Å². The van der Waals surface area contributed by atoms with Gasteiger partial charge in [0.1, 0.15) is 11.9 Å². The van der Waals surface area contributed by atoms with Gasteiger partial charge in [0.25, 0.3) is 0 Å². The van der Waals surface area contributed by atoms with Gasteiger partial charge in [0.15, 0.2) is 0 Å². The molecule has 147 heavy (non-hydrogen) atoms. The van der Waals surface area contributed by atoms with Crippen LogP contribution in [0.1, 0.15) is 13.8 Å². The lowest BCUT2D eigenvalue weighted by molar-refractivity contribution is -0.144. The van der Waals surface area contributed by atoms with Crippen molar-refractivity contribution in [2.24, 2.45) is 0 Å².